The molecule has 35 heavy (non-hydrogen) atoms. The average Bonchev–Trinajstić information content (AvgIpc) is 3.32. The lowest BCUT2D eigenvalue weighted by Crippen LogP contribution is -2.28. The Morgan fingerprint density at radius 3 is 2.40 bits per heavy atom. The van der Waals surface area contributed by atoms with E-state index in [0.717, 1.165) is 33.2 Å². The molecule has 0 saturated heterocycles. The number of carbonyl (C=O) groups is 1. The summed E-state index contributed by atoms with van der Waals surface area (Å²) in [6.07, 6.45) is -0.139. The fraction of sp³-hybridized carbons (Fsp3) is 0.286. The summed E-state index contributed by atoms with van der Waals surface area (Å²) >= 11 is 1.67. The van der Waals surface area contributed by atoms with E-state index >= 15 is 0 Å². The maximum Gasteiger partial charge on any atom is 0.335 e. The van der Waals surface area contributed by atoms with Gasteiger partial charge in [0.05, 0.1) is 16.8 Å². The molecule has 0 fully saturated rings. The number of esters is 1. The summed E-state index contributed by atoms with van der Waals surface area (Å²) in [6, 6.07) is 23.7. The topological polar surface area (TPSA) is 66.9 Å². The third-order valence-electron chi connectivity index (χ3n) is 5.26. The Morgan fingerprint density at radius 2 is 1.66 bits per heavy atom. The molecule has 0 radical (unpaired) electrons. The van der Waals surface area contributed by atoms with E-state index in [1.165, 1.54) is 4.70 Å². The molecule has 0 spiro atoms. The highest BCUT2D eigenvalue weighted by Crippen LogP contribution is 2.31. The molecule has 4 aromatic rings. The first-order valence-corrected chi connectivity index (χ1v) is 12.6. The van der Waals surface area contributed by atoms with E-state index in [1.807, 2.05) is 73.7 Å². The zero-order valence-electron chi connectivity index (χ0n) is 19.9. The smallest absolute Gasteiger partial charge is 0.335 e. The van der Waals surface area contributed by atoms with Crippen molar-refractivity contribution in [1.29, 1.82) is 0 Å². The zero-order chi connectivity index (χ0) is 24.5. The molecule has 0 amide bonds. The molecule has 1 atom stereocenters. The molecule has 0 N–H and O–H groups in total. The predicted octanol–water partition coefficient (Wildman–Crippen LogP) is 5.93. The first kappa shape index (κ1) is 24.7. The number of aromatic nitrogens is 1. The molecule has 0 aliphatic carbocycles. The minimum absolute atomic E-state index is 0.334. The lowest BCUT2D eigenvalue weighted by Gasteiger charge is -2.16. The number of hydrogen-bond acceptors (Lipinski definition) is 7. The molecule has 0 unspecified atom stereocenters. The highest BCUT2D eigenvalue weighted by atomic mass is 32.1. The van der Waals surface area contributed by atoms with Crippen LogP contribution in [0.5, 0.6) is 11.5 Å². The van der Waals surface area contributed by atoms with Crippen molar-refractivity contribution < 1.29 is 23.7 Å². The number of hydrogen-bond donors (Lipinski definition) is 0. The van der Waals surface area contributed by atoms with Crippen molar-refractivity contribution in [1.82, 2.24) is 4.98 Å². The van der Waals surface area contributed by atoms with Crippen LogP contribution in [0.25, 0.3) is 20.8 Å². The van der Waals surface area contributed by atoms with Crippen LogP contribution >= 0.6 is 11.3 Å². The van der Waals surface area contributed by atoms with Crippen molar-refractivity contribution >= 4 is 27.5 Å². The van der Waals surface area contributed by atoms with Crippen LogP contribution in [0, 0.1) is 0 Å². The number of ether oxygens (including phenoxy) is 4. The Morgan fingerprint density at radius 1 is 0.886 bits per heavy atom. The number of rotatable bonds is 12. The molecule has 4 rings (SSSR count). The Balaban J connectivity index is 1.27. The second-order valence-corrected chi connectivity index (χ2v) is 8.79. The standard InChI is InChI=1S/C28H29NO5S/c1-3-31-25(28(30)32-4-2)18-20-12-14-22(15-13-20)33-16-17-34-23-9-7-8-21(19-23)27-29-24-10-5-6-11-26(24)35-27/h5-15,19,25H,3-4,16-18H2,1-2H3/t25-/m0/s1. The summed E-state index contributed by atoms with van der Waals surface area (Å²) in [7, 11) is 0. The lowest BCUT2D eigenvalue weighted by atomic mass is 10.1. The largest absolute Gasteiger partial charge is 0.490 e. The van der Waals surface area contributed by atoms with E-state index in [2.05, 4.69) is 6.07 Å². The maximum atomic E-state index is 12.0. The van der Waals surface area contributed by atoms with Gasteiger partial charge in [-0.25, -0.2) is 9.78 Å². The van der Waals surface area contributed by atoms with Gasteiger partial charge in [0.2, 0.25) is 0 Å². The predicted molar refractivity (Wildman–Crippen MR) is 138 cm³/mol. The lowest BCUT2D eigenvalue weighted by molar-refractivity contribution is -0.156. The van der Waals surface area contributed by atoms with Crippen LogP contribution in [0.1, 0.15) is 19.4 Å². The molecular formula is C28H29NO5S. The Kier molecular flexibility index (Phi) is 8.70. The summed E-state index contributed by atoms with van der Waals surface area (Å²) in [5, 5.41) is 0.975. The van der Waals surface area contributed by atoms with E-state index in [0.29, 0.717) is 32.8 Å². The summed E-state index contributed by atoms with van der Waals surface area (Å²) in [4.78, 5) is 16.8. The van der Waals surface area contributed by atoms with Crippen LogP contribution in [0.2, 0.25) is 0 Å². The quantitative estimate of drug-likeness (QED) is 0.181. The van der Waals surface area contributed by atoms with Crippen LogP contribution < -0.4 is 9.47 Å². The van der Waals surface area contributed by atoms with Gasteiger partial charge in [-0.2, -0.15) is 0 Å². The Bertz CT molecular complexity index is 1200. The number of nitrogens with zero attached hydrogens (tertiary/aromatic N) is 1. The van der Waals surface area contributed by atoms with Crippen LogP contribution in [-0.4, -0.2) is 43.5 Å². The Hall–Kier alpha value is -3.42. The van der Waals surface area contributed by atoms with Crippen molar-refractivity contribution in [3.8, 4) is 22.1 Å². The number of carbonyl (C=O) groups excluding carboxylic acids is 1. The molecular weight excluding hydrogens is 462 g/mol. The van der Waals surface area contributed by atoms with Gasteiger partial charge in [-0.1, -0.05) is 36.4 Å². The number of benzene rings is 3. The van der Waals surface area contributed by atoms with Crippen LogP contribution in [0.4, 0.5) is 0 Å². The van der Waals surface area contributed by atoms with Gasteiger partial charge in [0, 0.05) is 18.6 Å². The van der Waals surface area contributed by atoms with Crippen molar-refractivity contribution in [3.05, 3.63) is 78.4 Å². The summed E-state index contributed by atoms with van der Waals surface area (Å²) < 4.78 is 23.5. The van der Waals surface area contributed by atoms with Crippen LogP contribution in [0.3, 0.4) is 0 Å². The summed E-state index contributed by atoms with van der Waals surface area (Å²) in [5.41, 5.74) is 3.02. The summed E-state index contributed by atoms with van der Waals surface area (Å²) in [5.74, 6) is 1.19. The molecule has 182 valence electrons. The zero-order valence-corrected chi connectivity index (χ0v) is 20.8. The van der Waals surface area contributed by atoms with E-state index in [1.54, 1.807) is 18.3 Å². The molecule has 0 aliphatic heterocycles. The van der Waals surface area contributed by atoms with Gasteiger partial charge in [-0.05, 0) is 55.8 Å². The molecule has 6 nitrogen and oxygen atoms in total. The normalized spacial score (nSPS) is 11.8. The third-order valence-corrected chi connectivity index (χ3v) is 6.34. The van der Waals surface area contributed by atoms with E-state index in [4.69, 9.17) is 23.9 Å². The highest BCUT2D eigenvalue weighted by molar-refractivity contribution is 7.21. The van der Waals surface area contributed by atoms with Gasteiger partial charge in [0.15, 0.2) is 6.10 Å². The molecule has 1 heterocycles. The number of thiazole rings is 1. The van der Waals surface area contributed by atoms with Crippen molar-refractivity contribution in [2.24, 2.45) is 0 Å². The van der Waals surface area contributed by atoms with E-state index < -0.39 is 6.10 Å². The van der Waals surface area contributed by atoms with Crippen molar-refractivity contribution in [3.63, 3.8) is 0 Å². The summed E-state index contributed by atoms with van der Waals surface area (Å²) in [6.45, 7) is 5.27. The van der Waals surface area contributed by atoms with Crippen LogP contribution in [0.15, 0.2) is 72.8 Å². The second-order valence-electron chi connectivity index (χ2n) is 7.76. The molecule has 7 heteroatoms. The van der Waals surface area contributed by atoms with Gasteiger partial charge in [0.1, 0.15) is 29.7 Å². The number of para-hydroxylation sites is 1. The van der Waals surface area contributed by atoms with Gasteiger partial charge in [-0.15, -0.1) is 11.3 Å². The highest BCUT2D eigenvalue weighted by Gasteiger charge is 2.20. The second kappa shape index (κ2) is 12.3. The molecule has 0 aliphatic rings. The fourth-order valence-corrected chi connectivity index (χ4v) is 4.58. The SMILES string of the molecule is CCOC(=O)[C@H](Cc1ccc(OCCOc2cccc(-c3nc4ccccc4s3)c2)cc1)OCC. The third kappa shape index (κ3) is 6.81. The van der Waals surface area contributed by atoms with Crippen molar-refractivity contribution in [2.75, 3.05) is 26.4 Å². The fourth-order valence-electron chi connectivity index (χ4n) is 3.62. The molecule has 3 aromatic carbocycles. The van der Waals surface area contributed by atoms with Gasteiger partial charge in [-0.3, -0.25) is 0 Å². The average molecular weight is 492 g/mol. The van der Waals surface area contributed by atoms with Crippen LogP contribution in [-0.2, 0) is 20.7 Å². The first-order chi connectivity index (χ1) is 17.2. The maximum absolute atomic E-state index is 12.0. The first-order valence-electron chi connectivity index (χ1n) is 11.7. The van der Waals surface area contributed by atoms with Gasteiger partial charge >= 0.3 is 5.97 Å². The van der Waals surface area contributed by atoms with Crippen molar-refractivity contribution in [2.45, 2.75) is 26.4 Å². The minimum Gasteiger partial charge on any atom is -0.490 e. The molecule has 0 bridgehead atoms. The number of fused-ring (bicyclic) bond motifs is 1. The molecule has 1 aromatic heterocycles. The van der Waals surface area contributed by atoms with E-state index in [-0.39, 0.29) is 5.97 Å². The minimum atomic E-state index is -0.598. The van der Waals surface area contributed by atoms with Gasteiger partial charge < -0.3 is 18.9 Å². The van der Waals surface area contributed by atoms with Gasteiger partial charge in [0.25, 0.3) is 0 Å². The monoisotopic (exact) mass is 491 g/mol. The van der Waals surface area contributed by atoms with E-state index in [9.17, 15) is 4.79 Å². The Labute approximate surface area is 209 Å². The molecule has 0 saturated carbocycles.